The predicted molar refractivity (Wildman–Crippen MR) is 152 cm³/mol. The average molecular weight is 574 g/mol. The predicted octanol–water partition coefficient (Wildman–Crippen LogP) is 5.19. The third kappa shape index (κ3) is 6.51. The summed E-state index contributed by atoms with van der Waals surface area (Å²) in [7, 11) is -7.88. The molecule has 38 heavy (non-hydrogen) atoms. The zero-order chi connectivity index (χ0) is 27.5. The summed E-state index contributed by atoms with van der Waals surface area (Å²) in [5.41, 5.74) is 1.91. The Morgan fingerprint density at radius 1 is 0.842 bits per heavy atom. The lowest BCUT2D eigenvalue weighted by atomic mass is 9.98. The van der Waals surface area contributed by atoms with E-state index in [-0.39, 0.29) is 21.4 Å². The van der Waals surface area contributed by atoms with Gasteiger partial charge >= 0.3 is 0 Å². The van der Waals surface area contributed by atoms with Crippen LogP contribution in [0.3, 0.4) is 0 Å². The summed E-state index contributed by atoms with van der Waals surface area (Å²) in [6.07, 6.45) is 3.69. The van der Waals surface area contributed by atoms with E-state index in [2.05, 4.69) is 16.4 Å². The van der Waals surface area contributed by atoms with Gasteiger partial charge in [0.15, 0.2) is 0 Å². The Morgan fingerprint density at radius 3 is 2.08 bits per heavy atom. The van der Waals surface area contributed by atoms with Crippen molar-refractivity contribution in [2.24, 2.45) is 5.92 Å². The van der Waals surface area contributed by atoms with Crippen molar-refractivity contribution < 1.29 is 21.6 Å². The number of carbonyl (C=O) groups excluding carboxylic acids is 1. The highest BCUT2D eigenvalue weighted by Crippen LogP contribution is 2.28. The van der Waals surface area contributed by atoms with Gasteiger partial charge in [0.1, 0.15) is 0 Å². The summed E-state index contributed by atoms with van der Waals surface area (Å²) in [6.45, 7) is 5.32. The second kappa shape index (κ2) is 11.4. The Bertz CT molecular complexity index is 1530. The molecule has 11 heteroatoms. The second-order valence-electron chi connectivity index (χ2n) is 9.44. The molecule has 1 fully saturated rings. The fourth-order valence-electron chi connectivity index (χ4n) is 4.24. The molecule has 0 saturated carbocycles. The van der Waals surface area contributed by atoms with Crippen LogP contribution >= 0.6 is 11.8 Å². The van der Waals surface area contributed by atoms with E-state index in [0.29, 0.717) is 35.2 Å². The number of carbonyl (C=O) groups is 1. The van der Waals surface area contributed by atoms with Crippen LogP contribution < -0.4 is 9.44 Å². The molecule has 4 rings (SSSR count). The number of amides is 1. The SMILES string of the molecule is CSc1ccc(S(=O)(=O)Nc2ccc(S(=O)(=O)Nc3cccc(C)c3)cc2)cc1C(=O)N1CCC(C)CC1. The lowest BCUT2D eigenvalue weighted by Crippen LogP contribution is -2.38. The summed E-state index contributed by atoms with van der Waals surface area (Å²) in [5.74, 6) is 0.392. The Kier molecular flexibility index (Phi) is 8.39. The Balaban J connectivity index is 1.52. The van der Waals surface area contributed by atoms with Crippen molar-refractivity contribution in [3.63, 3.8) is 0 Å². The third-order valence-corrected chi connectivity index (χ3v) is 10.0. The van der Waals surface area contributed by atoms with Crippen molar-refractivity contribution in [3.05, 3.63) is 77.9 Å². The topological polar surface area (TPSA) is 113 Å². The quantitative estimate of drug-likeness (QED) is 0.359. The van der Waals surface area contributed by atoms with Gasteiger partial charge < -0.3 is 4.90 Å². The van der Waals surface area contributed by atoms with E-state index in [9.17, 15) is 21.6 Å². The largest absolute Gasteiger partial charge is 0.339 e. The monoisotopic (exact) mass is 573 g/mol. The van der Waals surface area contributed by atoms with Crippen molar-refractivity contribution in [3.8, 4) is 0 Å². The van der Waals surface area contributed by atoms with Gasteiger partial charge in [0, 0.05) is 29.4 Å². The number of sulfonamides is 2. The van der Waals surface area contributed by atoms with Gasteiger partial charge in [0.2, 0.25) is 0 Å². The number of aryl methyl sites for hydroxylation is 1. The summed E-state index contributed by atoms with van der Waals surface area (Å²) in [4.78, 5) is 15.7. The molecule has 1 heterocycles. The van der Waals surface area contributed by atoms with Gasteiger partial charge in [-0.05, 0) is 92.1 Å². The van der Waals surface area contributed by atoms with Gasteiger partial charge in [-0.3, -0.25) is 14.2 Å². The Labute approximate surface area is 228 Å². The van der Waals surface area contributed by atoms with Crippen molar-refractivity contribution >= 4 is 49.1 Å². The van der Waals surface area contributed by atoms with E-state index in [0.717, 1.165) is 18.4 Å². The van der Waals surface area contributed by atoms with Crippen molar-refractivity contribution in [1.82, 2.24) is 4.90 Å². The molecule has 0 atom stereocenters. The Hall–Kier alpha value is -3.02. The van der Waals surface area contributed by atoms with Gasteiger partial charge in [-0.25, -0.2) is 16.8 Å². The summed E-state index contributed by atoms with van der Waals surface area (Å²) < 4.78 is 56.9. The first-order valence-electron chi connectivity index (χ1n) is 12.2. The van der Waals surface area contributed by atoms with Crippen LogP contribution in [0, 0.1) is 12.8 Å². The highest BCUT2D eigenvalue weighted by Gasteiger charge is 2.25. The third-order valence-electron chi connectivity index (χ3n) is 6.47. The zero-order valence-electron chi connectivity index (χ0n) is 21.5. The number of rotatable bonds is 8. The number of nitrogens with one attached hydrogen (secondary N) is 2. The number of hydrogen-bond donors (Lipinski definition) is 2. The van der Waals surface area contributed by atoms with Crippen LogP contribution in [0.15, 0.2) is 81.4 Å². The minimum Gasteiger partial charge on any atom is -0.339 e. The van der Waals surface area contributed by atoms with E-state index in [1.165, 1.54) is 48.2 Å². The number of hydrogen-bond acceptors (Lipinski definition) is 6. The van der Waals surface area contributed by atoms with Crippen LogP contribution in [0.2, 0.25) is 0 Å². The molecule has 1 aliphatic heterocycles. The minimum atomic E-state index is -4.03. The van der Waals surface area contributed by atoms with Crippen molar-refractivity contribution in [2.75, 3.05) is 28.8 Å². The smallest absolute Gasteiger partial charge is 0.261 e. The molecule has 0 unspecified atom stereocenters. The fraction of sp³-hybridized carbons (Fsp3) is 0.296. The molecule has 1 saturated heterocycles. The van der Waals surface area contributed by atoms with Gasteiger partial charge in [-0.2, -0.15) is 0 Å². The van der Waals surface area contributed by atoms with Crippen LogP contribution in [0.5, 0.6) is 0 Å². The van der Waals surface area contributed by atoms with Gasteiger partial charge in [-0.15, -0.1) is 11.8 Å². The first kappa shape index (κ1) is 28.0. The van der Waals surface area contributed by atoms with Crippen LogP contribution in [0.1, 0.15) is 35.7 Å². The molecule has 0 spiro atoms. The van der Waals surface area contributed by atoms with Crippen LogP contribution in [-0.2, 0) is 20.0 Å². The molecule has 3 aromatic rings. The maximum absolute atomic E-state index is 13.2. The fourth-order valence-corrected chi connectivity index (χ4v) is 6.95. The molecular weight excluding hydrogens is 543 g/mol. The first-order chi connectivity index (χ1) is 18.0. The minimum absolute atomic E-state index is 0.00462. The van der Waals surface area contributed by atoms with Crippen LogP contribution in [0.25, 0.3) is 0 Å². The van der Waals surface area contributed by atoms with Crippen LogP contribution in [-0.4, -0.2) is 47.0 Å². The highest BCUT2D eigenvalue weighted by atomic mass is 32.2. The molecule has 0 aromatic heterocycles. The van der Waals surface area contributed by atoms with E-state index in [4.69, 9.17) is 0 Å². The maximum Gasteiger partial charge on any atom is 0.261 e. The molecule has 0 aliphatic carbocycles. The lowest BCUT2D eigenvalue weighted by molar-refractivity contribution is 0.0693. The lowest BCUT2D eigenvalue weighted by Gasteiger charge is -2.30. The average Bonchev–Trinajstić information content (AvgIpc) is 2.88. The number of likely N-dealkylation sites (tertiary alicyclic amines) is 1. The van der Waals surface area contributed by atoms with E-state index < -0.39 is 20.0 Å². The first-order valence-corrected chi connectivity index (χ1v) is 16.4. The van der Waals surface area contributed by atoms with Gasteiger partial charge in [-0.1, -0.05) is 19.1 Å². The van der Waals surface area contributed by atoms with Gasteiger partial charge in [0.25, 0.3) is 26.0 Å². The molecule has 3 aromatic carbocycles. The molecule has 0 radical (unpaired) electrons. The summed E-state index contributed by atoms with van der Waals surface area (Å²) in [6, 6.07) is 17.0. The van der Waals surface area contributed by atoms with E-state index in [1.54, 1.807) is 29.2 Å². The molecule has 202 valence electrons. The maximum atomic E-state index is 13.2. The van der Waals surface area contributed by atoms with Crippen LogP contribution in [0.4, 0.5) is 11.4 Å². The highest BCUT2D eigenvalue weighted by molar-refractivity contribution is 7.98. The number of anilines is 2. The van der Waals surface area contributed by atoms with Gasteiger partial charge in [0.05, 0.1) is 15.4 Å². The standard InChI is InChI=1S/C27H31N3O5S3/c1-19-13-15-30(16-14-19)27(31)25-18-24(11-12-26(25)36-3)38(34,35)28-21-7-9-23(10-8-21)37(32,33)29-22-6-4-5-20(2)17-22/h4-12,17-19,28-29H,13-16H2,1-3H3. The van der Waals surface area contributed by atoms with Crippen molar-refractivity contribution in [2.45, 2.75) is 41.4 Å². The van der Waals surface area contributed by atoms with E-state index >= 15 is 0 Å². The molecule has 0 bridgehead atoms. The number of nitrogens with zero attached hydrogens (tertiary/aromatic N) is 1. The number of benzene rings is 3. The normalized spacial score (nSPS) is 14.8. The van der Waals surface area contributed by atoms with Crippen molar-refractivity contribution in [1.29, 1.82) is 0 Å². The molecule has 1 amide bonds. The zero-order valence-corrected chi connectivity index (χ0v) is 23.9. The second-order valence-corrected chi connectivity index (χ2v) is 13.7. The van der Waals surface area contributed by atoms with E-state index in [1.807, 2.05) is 19.2 Å². The molecule has 8 nitrogen and oxygen atoms in total. The number of piperidine rings is 1. The summed E-state index contributed by atoms with van der Waals surface area (Å²) in [5, 5.41) is 0. The molecule has 1 aliphatic rings. The summed E-state index contributed by atoms with van der Waals surface area (Å²) >= 11 is 1.39. The molecule has 2 N–H and O–H groups in total. The molecular formula is C27H31N3O5S3. The Morgan fingerprint density at radius 2 is 1.45 bits per heavy atom. The number of thioether (sulfide) groups is 1.